The van der Waals surface area contributed by atoms with Gasteiger partial charge in [0.15, 0.2) is 12.4 Å². The molecule has 0 spiro atoms. The quantitative estimate of drug-likeness (QED) is 0.842. The molecular formula is C13H11ClN2O4. The molecule has 104 valence electrons. The molecule has 0 bridgehead atoms. The van der Waals surface area contributed by atoms with E-state index in [1.165, 1.54) is 12.3 Å². The minimum absolute atomic E-state index is 0.0947. The normalized spacial score (nSPS) is 9.85. The predicted molar refractivity (Wildman–Crippen MR) is 71.3 cm³/mol. The summed E-state index contributed by atoms with van der Waals surface area (Å²) < 4.78 is 10.1. The SMILES string of the molecule is O=C(COc1ccccc1Cl)NNC(=O)c1ccco1. The number of hydrazine groups is 1. The van der Waals surface area contributed by atoms with Gasteiger partial charge in [-0.15, -0.1) is 0 Å². The molecule has 2 rings (SSSR count). The Labute approximate surface area is 119 Å². The molecule has 0 aliphatic heterocycles. The van der Waals surface area contributed by atoms with Gasteiger partial charge in [0, 0.05) is 0 Å². The molecule has 7 heteroatoms. The molecule has 0 aliphatic rings. The van der Waals surface area contributed by atoms with Gasteiger partial charge in [-0.05, 0) is 24.3 Å². The van der Waals surface area contributed by atoms with Crippen LogP contribution in [0.25, 0.3) is 0 Å². The van der Waals surface area contributed by atoms with Gasteiger partial charge in [0.25, 0.3) is 5.91 Å². The third-order valence-electron chi connectivity index (χ3n) is 2.26. The van der Waals surface area contributed by atoms with Crippen LogP contribution in [-0.2, 0) is 4.79 Å². The molecule has 0 saturated carbocycles. The molecular weight excluding hydrogens is 284 g/mol. The van der Waals surface area contributed by atoms with Crippen molar-refractivity contribution < 1.29 is 18.7 Å². The summed E-state index contributed by atoms with van der Waals surface area (Å²) in [5.41, 5.74) is 4.38. The van der Waals surface area contributed by atoms with Gasteiger partial charge in [-0.25, -0.2) is 0 Å². The molecule has 0 saturated heterocycles. The van der Waals surface area contributed by atoms with Crippen LogP contribution < -0.4 is 15.6 Å². The zero-order valence-electron chi connectivity index (χ0n) is 10.3. The van der Waals surface area contributed by atoms with Crippen molar-refractivity contribution in [3.8, 4) is 5.75 Å². The number of hydrogen-bond acceptors (Lipinski definition) is 4. The Kier molecular flexibility index (Phi) is 4.62. The largest absolute Gasteiger partial charge is 0.482 e. The molecule has 0 radical (unpaired) electrons. The molecule has 0 aliphatic carbocycles. The summed E-state index contributed by atoms with van der Waals surface area (Å²) in [5.74, 6) is -0.593. The van der Waals surface area contributed by atoms with Gasteiger partial charge in [-0.1, -0.05) is 23.7 Å². The maximum Gasteiger partial charge on any atom is 0.305 e. The fourth-order valence-corrected chi connectivity index (χ4v) is 1.53. The Morgan fingerprint density at radius 3 is 2.65 bits per heavy atom. The second-order valence-corrected chi connectivity index (χ2v) is 4.11. The van der Waals surface area contributed by atoms with E-state index in [4.69, 9.17) is 20.8 Å². The van der Waals surface area contributed by atoms with E-state index in [0.29, 0.717) is 10.8 Å². The second-order valence-electron chi connectivity index (χ2n) is 3.70. The van der Waals surface area contributed by atoms with Gasteiger partial charge in [-0.2, -0.15) is 0 Å². The fraction of sp³-hybridized carbons (Fsp3) is 0.0769. The predicted octanol–water partition coefficient (Wildman–Crippen LogP) is 1.77. The summed E-state index contributed by atoms with van der Waals surface area (Å²) in [4.78, 5) is 22.9. The van der Waals surface area contributed by atoms with E-state index in [-0.39, 0.29) is 12.4 Å². The molecule has 20 heavy (non-hydrogen) atoms. The van der Waals surface area contributed by atoms with Crippen molar-refractivity contribution in [1.82, 2.24) is 10.9 Å². The first kappa shape index (κ1) is 14.0. The Morgan fingerprint density at radius 1 is 1.15 bits per heavy atom. The van der Waals surface area contributed by atoms with Crippen LogP contribution in [0.1, 0.15) is 10.6 Å². The van der Waals surface area contributed by atoms with Crippen molar-refractivity contribution in [2.75, 3.05) is 6.61 Å². The fourth-order valence-electron chi connectivity index (χ4n) is 1.34. The summed E-state index contributed by atoms with van der Waals surface area (Å²) in [5, 5.41) is 0.403. The zero-order chi connectivity index (χ0) is 14.4. The van der Waals surface area contributed by atoms with E-state index in [1.807, 2.05) is 0 Å². The van der Waals surface area contributed by atoms with E-state index < -0.39 is 11.8 Å². The Bertz CT molecular complexity index is 598. The van der Waals surface area contributed by atoms with E-state index in [9.17, 15) is 9.59 Å². The number of carbonyl (C=O) groups is 2. The first-order chi connectivity index (χ1) is 9.66. The van der Waals surface area contributed by atoms with Crippen LogP contribution in [0, 0.1) is 0 Å². The van der Waals surface area contributed by atoms with Crippen LogP contribution in [0.4, 0.5) is 0 Å². The van der Waals surface area contributed by atoms with Crippen LogP contribution in [-0.4, -0.2) is 18.4 Å². The molecule has 2 amide bonds. The van der Waals surface area contributed by atoms with E-state index >= 15 is 0 Å². The number of halogens is 1. The lowest BCUT2D eigenvalue weighted by Gasteiger charge is -2.08. The highest BCUT2D eigenvalue weighted by Crippen LogP contribution is 2.22. The Morgan fingerprint density at radius 2 is 1.95 bits per heavy atom. The third-order valence-corrected chi connectivity index (χ3v) is 2.57. The Balaban J connectivity index is 1.76. The summed E-state index contributed by atoms with van der Waals surface area (Å²) in [6, 6.07) is 9.81. The van der Waals surface area contributed by atoms with Crippen molar-refractivity contribution in [1.29, 1.82) is 0 Å². The highest BCUT2D eigenvalue weighted by molar-refractivity contribution is 6.32. The number of nitrogens with one attached hydrogen (secondary N) is 2. The molecule has 1 heterocycles. The van der Waals surface area contributed by atoms with Crippen molar-refractivity contribution >= 4 is 23.4 Å². The molecule has 0 unspecified atom stereocenters. The minimum atomic E-state index is -0.555. The smallest absolute Gasteiger partial charge is 0.305 e. The molecule has 0 fully saturated rings. The van der Waals surface area contributed by atoms with Crippen LogP contribution >= 0.6 is 11.6 Å². The lowest BCUT2D eigenvalue weighted by Crippen LogP contribution is -2.43. The standard InChI is InChI=1S/C13H11ClN2O4/c14-9-4-1-2-5-10(9)20-8-12(17)15-16-13(18)11-6-3-7-19-11/h1-7H,8H2,(H,15,17)(H,16,18). The number of amides is 2. The van der Waals surface area contributed by atoms with Crippen LogP contribution in [0.15, 0.2) is 47.1 Å². The van der Waals surface area contributed by atoms with Crippen molar-refractivity contribution in [3.63, 3.8) is 0 Å². The molecule has 1 aromatic carbocycles. The third kappa shape index (κ3) is 3.76. The molecule has 0 atom stereocenters. The number of carbonyl (C=O) groups excluding carboxylic acids is 2. The highest BCUT2D eigenvalue weighted by Gasteiger charge is 2.10. The maximum absolute atomic E-state index is 11.5. The first-order valence-corrected chi connectivity index (χ1v) is 6.04. The molecule has 6 nitrogen and oxygen atoms in total. The average Bonchev–Trinajstić information content (AvgIpc) is 2.98. The maximum atomic E-state index is 11.5. The van der Waals surface area contributed by atoms with Crippen LogP contribution in [0.5, 0.6) is 5.75 Å². The van der Waals surface area contributed by atoms with Gasteiger partial charge in [-0.3, -0.25) is 20.4 Å². The zero-order valence-corrected chi connectivity index (χ0v) is 11.0. The summed E-state index contributed by atoms with van der Waals surface area (Å²) in [6.07, 6.45) is 1.36. The number of hydrogen-bond donors (Lipinski definition) is 2. The van der Waals surface area contributed by atoms with Crippen LogP contribution in [0.2, 0.25) is 5.02 Å². The van der Waals surface area contributed by atoms with Gasteiger partial charge in [0.2, 0.25) is 0 Å². The molecule has 1 aromatic heterocycles. The average molecular weight is 295 g/mol. The topological polar surface area (TPSA) is 80.6 Å². The van der Waals surface area contributed by atoms with Gasteiger partial charge in [0.1, 0.15) is 5.75 Å². The number of para-hydroxylation sites is 1. The van der Waals surface area contributed by atoms with Crippen LogP contribution in [0.3, 0.4) is 0 Å². The number of benzene rings is 1. The summed E-state index contributed by atoms with van der Waals surface area (Å²) >= 11 is 5.86. The van der Waals surface area contributed by atoms with Crippen molar-refractivity contribution in [2.45, 2.75) is 0 Å². The van der Waals surface area contributed by atoms with Crippen molar-refractivity contribution in [2.24, 2.45) is 0 Å². The number of rotatable bonds is 4. The molecule has 2 N–H and O–H groups in total. The summed E-state index contributed by atoms with van der Waals surface area (Å²) in [7, 11) is 0. The minimum Gasteiger partial charge on any atom is -0.482 e. The van der Waals surface area contributed by atoms with E-state index in [2.05, 4.69) is 10.9 Å². The summed E-state index contributed by atoms with van der Waals surface area (Å²) in [6.45, 7) is -0.276. The lowest BCUT2D eigenvalue weighted by molar-refractivity contribution is -0.123. The lowest BCUT2D eigenvalue weighted by atomic mass is 10.3. The van der Waals surface area contributed by atoms with Gasteiger partial charge in [0.05, 0.1) is 11.3 Å². The van der Waals surface area contributed by atoms with Crippen molar-refractivity contribution in [3.05, 3.63) is 53.4 Å². The van der Waals surface area contributed by atoms with Gasteiger partial charge < -0.3 is 9.15 Å². The number of furan rings is 1. The first-order valence-electron chi connectivity index (χ1n) is 5.67. The van der Waals surface area contributed by atoms with E-state index in [1.54, 1.807) is 30.3 Å². The Hall–Kier alpha value is -2.47. The monoisotopic (exact) mass is 294 g/mol. The molecule has 2 aromatic rings. The van der Waals surface area contributed by atoms with Gasteiger partial charge >= 0.3 is 5.91 Å². The van der Waals surface area contributed by atoms with E-state index in [0.717, 1.165) is 0 Å². The second kappa shape index (κ2) is 6.63. The number of ether oxygens (including phenoxy) is 1. The highest BCUT2D eigenvalue weighted by atomic mass is 35.5.